The Hall–Kier alpha value is 0.0200. The van der Waals surface area contributed by atoms with Gasteiger partial charge in [0.25, 0.3) is 0 Å². The molecule has 0 aromatic rings. The topological polar surface area (TPSA) is 17.1 Å². The van der Waals surface area contributed by atoms with Gasteiger partial charge in [0.05, 0.1) is 0 Å². The molecular formula is C20H40OS. The molecule has 0 aliphatic rings. The van der Waals surface area contributed by atoms with Gasteiger partial charge >= 0.3 is 0 Å². The maximum absolute atomic E-state index is 12.6. The van der Waals surface area contributed by atoms with Gasteiger partial charge in [-0.05, 0) is 36.9 Å². The molecule has 2 atom stereocenters. The van der Waals surface area contributed by atoms with Crippen LogP contribution in [-0.2, 0) is 4.79 Å². The highest BCUT2D eigenvalue weighted by molar-refractivity contribution is 7.99. The van der Waals surface area contributed by atoms with Crippen LogP contribution in [0.3, 0.4) is 0 Å². The quantitative estimate of drug-likeness (QED) is 0.323. The maximum atomic E-state index is 12.6. The summed E-state index contributed by atoms with van der Waals surface area (Å²) < 4.78 is 0. The molecule has 0 saturated heterocycles. The zero-order chi connectivity index (χ0) is 17.1. The summed E-state index contributed by atoms with van der Waals surface area (Å²) in [5, 5.41) is 0. The van der Waals surface area contributed by atoms with Crippen molar-refractivity contribution in [2.24, 2.45) is 10.8 Å². The third kappa shape index (κ3) is 8.04. The van der Waals surface area contributed by atoms with Crippen LogP contribution in [0.5, 0.6) is 0 Å². The van der Waals surface area contributed by atoms with E-state index in [0.717, 1.165) is 25.0 Å². The third-order valence-electron chi connectivity index (χ3n) is 5.45. The van der Waals surface area contributed by atoms with Crippen LogP contribution in [0, 0.1) is 10.8 Å². The second-order valence-corrected chi connectivity index (χ2v) is 8.62. The standard InChI is InChI=1S/C20H40OS/c1-7-11-14-19(5,9-3)17-22-16-13-18(21)20(6,10-4)15-12-8-2/h7-17H2,1-6H3. The fraction of sp³-hybridized carbons (Fsp3) is 0.950. The molecule has 2 heteroatoms. The monoisotopic (exact) mass is 328 g/mol. The van der Waals surface area contributed by atoms with Gasteiger partial charge in [0.1, 0.15) is 5.78 Å². The lowest BCUT2D eigenvalue weighted by Crippen LogP contribution is -2.27. The lowest BCUT2D eigenvalue weighted by atomic mass is 9.77. The van der Waals surface area contributed by atoms with Crippen molar-refractivity contribution < 1.29 is 4.79 Å². The first-order valence-electron chi connectivity index (χ1n) is 9.48. The normalized spacial score (nSPS) is 17.0. The van der Waals surface area contributed by atoms with Gasteiger partial charge in [0, 0.05) is 17.6 Å². The second kappa shape index (κ2) is 11.5. The Kier molecular flexibility index (Phi) is 11.6. The van der Waals surface area contributed by atoms with Crippen molar-refractivity contribution in [2.45, 2.75) is 99.3 Å². The molecule has 0 aromatic carbocycles. The molecule has 0 fully saturated rings. The van der Waals surface area contributed by atoms with E-state index in [-0.39, 0.29) is 5.41 Å². The van der Waals surface area contributed by atoms with Crippen LogP contribution in [-0.4, -0.2) is 17.3 Å². The molecule has 0 radical (unpaired) electrons. The van der Waals surface area contributed by atoms with Crippen LogP contribution >= 0.6 is 11.8 Å². The minimum absolute atomic E-state index is 0.0765. The fourth-order valence-electron chi connectivity index (χ4n) is 2.82. The van der Waals surface area contributed by atoms with Gasteiger partial charge in [0.2, 0.25) is 0 Å². The molecule has 132 valence electrons. The predicted octanol–water partition coefficient (Wildman–Crippen LogP) is 6.89. The summed E-state index contributed by atoms with van der Waals surface area (Å²) in [6, 6.07) is 0. The minimum Gasteiger partial charge on any atom is -0.299 e. The molecular weight excluding hydrogens is 288 g/mol. The number of carbonyl (C=O) groups excluding carboxylic acids is 1. The SMILES string of the molecule is CCCCC(C)(CC)CSCCC(=O)C(C)(CC)CCCC. The van der Waals surface area contributed by atoms with E-state index in [4.69, 9.17) is 0 Å². The zero-order valence-corrected chi connectivity index (χ0v) is 16.9. The van der Waals surface area contributed by atoms with E-state index in [1.807, 2.05) is 11.8 Å². The van der Waals surface area contributed by atoms with E-state index in [1.165, 1.54) is 44.3 Å². The van der Waals surface area contributed by atoms with E-state index >= 15 is 0 Å². The number of hydrogen-bond donors (Lipinski definition) is 0. The summed E-state index contributed by atoms with van der Waals surface area (Å²) in [5.41, 5.74) is 0.382. The predicted molar refractivity (Wildman–Crippen MR) is 103 cm³/mol. The molecule has 0 heterocycles. The van der Waals surface area contributed by atoms with E-state index in [2.05, 4.69) is 41.5 Å². The van der Waals surface area contributed by atoms with Crippen molar-refractivity contribution >= 4 is 17.5 Å². The average Bonchev–Trinajstić information content (AvgIpc) is 2.54. The van der Waals surface area contributed by atoms with E-state index in [9.17, 15) is 4.79 Å². The van der Waals surface area contributed by atoms with Crippen molar-refractivity contribution in [1.29, 1.82) is 0 Å². The molecule has 0 amide bonds. The van der Waals surface area contributed by atoms with Gasteiger partial charge in [-0.3, -0.25) is 4.79 Å². The van der Waals surface area contributed by atoms with Crippen LogP contribution in [0.4, 0.5) is 0 Å². The number of hydrogen-bond acceptors (Lipinski definition) is 2. The molecule has 0 bridgehead atoms. The third-order valence-corrected chi connectivity index (χ3v) is 6.84. The molecule has 0 aliphatic heterocycles. The smallest absolute Gasteiger partial charge is 0.139 e. The zero-order valence-electron chi connectivity index (χ0n) is 16.1. The lowest BCUT2D eigenvalue weighted by Gasteiger charge is -2.29. The molecule has 0 aromatic heterocycles. The highest BCUT2D eigenvalue weighted by Gasteiger charge is 2.29. The molecule has 0 saturated carbocycles. The van der Waals surface area contributed by atoms with Gasteiger partial charge in [-0.25, -0.2) is 0 Å². The maximum Gasteiger partial charge on any atom is 0.139 e. The first-order valence-corrected chi connectivity index (χ1v) is 10.6. The summed E-state index contributed by atoms with van der Waals surface area (Å²) >= 11 is 1.99. The van der Waals surface area contributed by atoms with Crippen LogP contribution in [0.2, 0.25) is 0 Å². The molecule has 0 N–H and O–H groups in total. The molecule has 0 aliphatic carbocycles. The summed E-state index contributed by atoms with van der Waals surface area (Å²) in [7, 11) is 0. The highest BCUT2D eigenvalue weighted by atomic mass is 32.2. The Morgan fingerprint density at radius 2 is 1.50 bits per heavy atom. The Bertz CT molecular complexity index is 302. The first kappa shape index (κ1) is 22.0. The van der Waals surface area contributed by atoms with Crippen LogP contribution < -0.4 is 0 Å². The Labute approximate surface area is 144 Å². The van der Waals surface area contributed by atoms with Gasteiger partial charge in [0.15, 0.2) is 0 Å². The van der Waals surface area contributed by atoms with Crippen molar-refractivity contribution in [1.82, 2.24) is 0 Å². The van der Waals surface area contributed by atoms with Crippen LogP contribution in [0.1, 0.15) is 99.3 Å². The van der Waals surface area contributed by atoms with Gasteiger partial charge < -0.3 is 0 Å². The number of thioether (sulfide) groups is 1. The number of Topliss-reactive ketones (excluding diaryl/α,β-unsaturated/α-hetero) is 1. The fourth-order valence-corrected chi connectivity index (χ4v) is 4.14. The number of rotatable bonds is 14. The Morgan fingerprint density at radius 1 is 0.909 bits per heavy atom. The molecule has 2 unspecified atom stereocenters. The summed E-state index contributed by atoms with van der Waals surface area (Å²) in [6.07, 6.45) is 10.3. The first-order chi connectivity index (χ1) is 10.4. The Morgan fingerprint density at radius 3 is 2.00 bits per heavy atom. The van der Waals surface area contributed by atoms with Crippen molar-refractivity contribution in [2.75, 3.05) is 11.5 Å². The largest absolute Gasteiger partial charge is 0.299 e. The van der Waals surface area contributed by atoms with Crippen molar-refractivity contribution in [3.63, 3.8) is 0 Å². The lowest BCUT2D eigenvalue weighted by molar-refractivity contribution is -0.128. The van der Waals surface area contributed by atoms with Crippen molar-refractivity contribution in [3.05, 3.63) is 0 Å². The molecule has 0 rings (SSSR count). The second-order valence-electron chi connectivity index (χ2n) is 7.51. The molecule has 0 spiro atoms. The van der Waals surface area contributed by atoms with E-state index in [1.54, 1.807) is 0 Å². The molecule has 1 nitrogen and oxygen atoms in total. The number of unbranched alkanes of at least 4 members (excludes halogenated alkanes) is 2. The Balaban J connectivity index is 4.19. The van der Waals surface area contributed by atoms with E-state index in [0.29, 0.717) is 11.2 Å². The number of ketones is 1. The highest BCUT2D eigenvalue weighted by Crippen LogP contribution is 2.34. The average molecular weight is 329 g/mol. The summed E-state index contributed by atoms with van der Waals surface area (Å²) in [4.78, 5) is 12.6. The minimum atomic E-state index is -0.0765. The van der Waals surface area contributed by atoms with Gasteiger partial charge in [-0.1, -0.05) is 67.2 Å². The van der Waals surface area contributed by atoms with Crippen molar-refractivity contribution in [3.8, 4) is 0 Å². The summed E-state index contributed by atoms with van der Waals surface area (Å²) in [5.74, 6) is 2.69. The molecule has 22 heavy (non-hydrogen) atoms. The number of carbonyl (C=O) groups is 1. The summed E-state index contributed by atoms with van der Waals surface area (Å²) in [6.45, 7) is 13.5. The van der Waals surface area contributed by atoms with Crippen LogP contribution in [0.15, 0.2) is 0 Å². The van der Waals surface area contributed by atoms with Gasteiger partial charge in [-0.15, -0.1) is 0 Å². The van der Waals surface area contributed by atoms with Gasteiger partial charge in [-0.2, -0.15) is 11.8 Å². The van der Waals surface area contributed by atoms with E-state index < -0.39 is 0 Å². The van der Waals surface area contributed by atoms with Crippen LogP contribution in [0.25, 0.3) is 0 Å².